The fraction of sp³-hybridized carbons (Fsp3) is 0.312. The second-order valence-electron chi connectivity index (χ2n) is 4.67. The quantitative estimate of drug-likeness (QED) is 0.769. The Morgan fingerprint density at radius 2 is 1.71 bits per heavy atom. The van der Waals surface area contributed by atoms with Crippen LogP contribution in [-0.4, -0.2) is 4.98 Å². The predicted molar refractivity (Wildman–Crippen MR) is 72.2 cm³/mol. The van der Waals surface area contributed by atoms with Crippen molar-refractivity contribution in [1.82, 2.24) is 4.98 Å². The molecule has 2 aromatic rings. The highest BCUT2D eigenvalue weighted by molar-refractivity contribution is 5.28. The number of hydrogen-bond acceptors (Lipinski definition) is 1. The lowest BCUT2D eigenvalue weighted by Crippen LogP contribution is -1.93. The highest BCUT2D eigenvalue weighted by Crippen LogP contribution is 2.12. The molecule has 2 rings (SSSR count). The Balaban J connectivity index is 1.90. The summed E-state index contributed by atoms with van der Waals surface area (Å²) in [5, 5.41) is 0. The van der Waals surface area contributed by atoms with Gasteiger partial charge < -0.3 is 0 Å². The molecule has 0 saturated heterocycles. The number of aromatic nitrogens is 1. The number of nitrogens with zero attached hydrogens (tertiary/aromatic N) is 1. The van der Waals surface area contributed by atoms with Gasteiger partial charge in [0, 0.05) is 11.9 Å². The molecule has 0 atom stereocenters. The average molecular weight is 225 g/mol. The van der Waals surface area contributed by atoms with Crippen LogP contribution in [0.5, 0.6) is 0 Å². The third-order valence-corrected chi connectivity index (χ3v) is 2.91. The zero-order valence-corrected chi connectivity index (χ0v) is 10.6. The molecule has 0 amide bonds. The van der Waals surface area contributed by atoms with Gasteiger partial charge in [-0.15, -0.1) is 0 Å². The molecule has 0 aliphatic heterocycles. The van der Waals surface area contributed by atoms with Gasteiger partial charge in [0.2, 0.25) is 0 Å². The first kappa shape index (κ1) is 11.8. The molecule has 0 aliphatic rings. The molecule has 0 fully saturated rings. The van der Waals surface area contributed by atoms with Crippen LogP contribution in [0.4, 0.5) is 0 Å². The number of aryl methyl sites for hydroxylation is 4. The molecule has 0 aliphatic carbocycles. The van der Waals surface area contributed by atoms with E-state index in [4.69, 9.17) is 0 Å². The fourth-order valence-corrected chi connectivity index (χ4v) is 2.23. The van der Waals surface area contributed by atoms with Crippen LogP contribution in [0.3, 0.4) is 0 Å². The van der Waals surface area contributed by atoms with Crippen LogP contribution in [0.15, 0.2) is 42.6 Å². The molecule has 0 radical (unpaired) electrons. The summed E-state index contributed by atoms with van der Waals surface area (Å²) in [7, 11) is 0. The fourth-order valence-electron chi connectivity index (χ4n) is 2.23. The highest BCUT2D eigenvalue weighted by Gasteiger charge is 1.98. The third kappa shape index (κ3) is 3.70. The van der Waals surface area contributed by atoms with Crippen LogP contribution in [0.2, 0.25) is 0 Å². The Bertz CT molecular complexity index is 454. The van der Waals surface area contributed by atoms with Crippen molar-refractivity contribution in [3.63, 3.8) is 0 Å². The first-order valence-corrected chi connectivity index (χ1v) is 6.21. The molecular formula is C16H19N. The van der Waals surface area contributed by atoms with E-state index >= 15 is 0 Å². The largest absolute Gasteiger partial charge is 0.261 e. The second kappa shape index (κ2) is 5.62. The molecule has 0 unspecified atom stereocenters. The van der Waals surface area contributed by atoms with Gasteiger partial charge in [-0.1, -0.05) is 35.4 Å². The van der Waals surface area contributed by atoms with Crippen LogP contribution in [0.25, 0.3) is 0 Å². The van der Waals surface area contributed by atoms with E-state index in [1.54, 1.807) is 0 Å². The van der Waals surface area contributed by atoms with Crippen molar-refractivity contribution in [2.45, 2.75) is 33.1 Å². The summed E-state index contributed by atoms with van der Waals surface area (Å²) in [5.41, 5.74) is 5.35. The minimum Gasteiger partial charge on any atom is -0.261 e. The Morgan fingerprint density at radius 1 is 0.941 bits per heavy atom. The Labute approximate surface area is 104 Å². The van der Waals surface area contributed by atoms with E-state index in [1.807, 2.05) is 12.3 Å². The van der Waals surface area contributed by atoms with Gasteiger partial charge in [0.15, 0.2) is 0 Å². The van der Waals surface area contributed by atoms with Gasteiger partial charge >= 0.3 is 0 Å². The maximum atomic E-state index is 4.35. The van der Waals surface area contributed by atoms with Crippen LogP contribution in [-0.2, 0) is 12.8 Å². The standard InChI is InChI=1S/C16H19N/c1-13-10-14(2)12-15(11-13)6-5-8-16-7-3-4-9-17-16/h3-4,7,9-12H,5-6,8H2,1-2H3. The minimum absolute atomic E-state index is 1.06. The molecule has 17 heavy (non-hydrogen) atoms. The highest BCUT2D eigenvalue weighted by atomic mass is 14.7. The topological polar surface area (TPSA) is 12.9 Å². The molecular weight excluding hydrogens is 206 g/mol. The number of benzene rings is 1. The van der Waals surface area contributed by atoms with E-state index in [1.165, 1.54) is 28.8 Å². The lowest BCUT2D eigenvalue weighted by molar-refractivity contribution is 0.798. The van der Waals surface area contributed by atoms with Crippen LogP contribution in [0, 0.1) is 13.8 Å². The summed E-state index contributed by atoms with van der Waals surface area (Å²) in [5.74, 6) is 0. The van der Waals surface area contributed by atoms with Crippen molar-refractivity contribution in [1.29, 1.82) is 0 Å². The van der Waals surface area contributed by atoms with Crippen molar-refractivity contribution in [2.24, 2.45) is 0 Å². The van der Waals surface area contributed by atoms with Crippen molar-refractivity contribution in [3.05, 3.63) is 65.0 Å². The number of rotatable bonds is 4. The van der Waals surface area contributed by atoms with E-state index in [9.17, 15) is 0 Å². The smallest absolute Gasteiger partial charge is 0.0403 e. The lowest BCUT2D eigenvalue weighted by atomic mass is 10.0. The number of pyridine rings is 1. The predicted octanol–water partition coefficient (Wildman–Crippen LogP) is 3.87. The Kier molecular flexibility index (Phi) is 3.92. The van der Waals surface area contributed by atoms with Crippen LogP contribution < -0.4 is 0 Å². The van der Waals surface area contributed by atoms with Crippen molar-refractivity contribution < 1.29 is 0 Å². The van der Waals surface area contributed by atoms with Gasteiger partial charge in [-0.2, -0.15) is 0 Å². The minimum atomic E-state index is 1.06. The van der Waals surface area contributed by atoms with E-state index in [-0.39, 0.29) is 0 Å². The molecule has 1 heteroatoms. The summed E-state index contributed by atoms with van der Waals surface area (Å²) >= 11 is 0. The zero-order valence-electron chi connectivity index (χ0n) is 10.6. The first-order valence-electron chi connectivity index (χ1n) is 6.21. The van der Waals surface area contributed by atoms with Crippen molar-refractivity contribution in [2.75, 3.05) is 0 Å². The molecule has 0 N–H and O–H groups in total. The lowest BCUT2D eigenvalue weighted by Gasteiger charge is -2.05. The Hall–Kier alpha value is -1.63. The van der Waals surface area contributed by atoms with E-state index in [0.29, 0.717) is 0 Å². The summed E-state index contributed by atoms with van der Waals surface area (Å²) in [4.78, 5) is 4.35. The molecule has 0 spiro atoms. The summed E-state index contributed by atoms with van der Waals surface area (Å²) in [6, 6.07) is 12.9. The van der Waals surface area contributed by atoms with Gasteiger partial charge in [-0.05, 0) is 50.8 Å². The van der Waals surface area contributed by atoms with E-state index in [2.05, 4.69) is 49.2 Å². The van der Waals surface area contributed by atoms with E-state index < -0.39 is 0 Å². The van der Waals surface area contributed by atoms with Gasteiger partial charge in [-0.25, -0.2) is 0 Å². The van der Waals surface area contributed by atoms with Gasteiger partial charge in [0.1, 0.15) is 0 Å². The molecule has 1 aromatic carbocycles. The molecule has 88 valence electrons. The van der Waals surface area contributed by atoms with E-state index in [0.717, 1.165) is 12.8 Å². The molecule has 1 heterocycles. The second-order valence-corrected chi connectivity index (χ2v) is 4.67. The zero-order chi connectivity index (χ0) is 12.1. The first-order chi connectivity index (χ1) is 8.24. The summed E-state index contributed by atoms with van der Waals surface area (Å²) in [6.45, 7) is 4.32. The van der Waals surface area contributed by atoms with Crippen molar-refractivity contribution >= 4 is 0 Å². The molecule has 0 saturated carbocycles. The average Bonchev–Trinajstić information content (AvgIpc) is 2.29. The number of hydrogen-bond donors (Lipinski definition) is 0. The van der Waals surface area contributed by atoms with Crippen molar-refractivity contribution in [3.8, 4) is 0 Å². The normalized spacial score (nSPS) is 10.5. The maximum Gasteiger partial charge on any atom is 0.0403 e. The third-order valence-electron chi connectivity index (χ3n) is 2.91. The molecule has 1 aromatic heterocycles. The van der Waals surface area contributed by atoms with Gasteiger partial charge in [0.25, 0.3) is 0 Å². The van der Waals surface area contributed by atoms with Crippen LogP contribution >= 0.6 is 0 Å². The summed E-state index contributed by atoms with van der Waals surface area (Å²) in [6.07, 6.45) is 5.24. The Morgan fingerprint density at radius 3 is 2.35 bits per heavy atom. The summed E-state index contributed by atoms with van der Waals surface area (Å²) < 4.78 is 0. The molecule has 1 nitrogen and oxygen atoms in total. The van der Waals surface area contributed by atoms with Crippen LogP contribution in [0.1, 0.15) is 28.8 Å². The monoisotopic (exact) mass is 225 g/mol. The van der Waals surface area contributed by atoms with Gasteiger partial charge in [-0.3, -0.25) is 4.98 Å². The SMILES string of the molecule is Cc1cc(C)cc(CCCc2ccccn2)c1. The maximum absolute atomic E-state index is 4.35. The molecule has 0 bridgehead atoms. The van der Waals surface area contributed by atoms with Gasteiger partial charge in [0.05, 0.1) is 0 Å².